The second-order valence-electron chi connectivity index (χ2n) is 5.25. The highest BCUT2D eigenvalue weighted by molar-refractivity contribution is 7.09. The van der Waals surface area contributed by atoms with E-state index >= 15 is 0 Å². The fourth-order valence-electron chi connectivity index (χ4n) is 2.31. The quantitative estimate of drug-likeness (QED) is 0.902. The Morgan fingerprint density at radius 3 is 2.42 bits per heavy atom. The molecule has 0 radical (unpaired) electrons. The summed E-state index contributed by atoms with van der Waals surface area (Å²) in [4.78, 5) is 4.49. The van der Waals surface area contributed by atoms with Crippen molar-refractivity contribution < 1.29 is 0 Å². The Kier molecular flexibility index (Phi) is 4.38. The molecule has 1 atom stereocenters. The summed E-state index contributed by atoms with van der Waals surface area (Å²) in [6, 6.07) is 4.92. The molecule has 1 aromatic heterocycles. The summed E-state index contributed by atoms with van der Waals surface area (Å²) >= 11 is 1.71. The molecule has 102 valence electrons. The minimum atomic E-state index is 0.348. The van der Waals surface area contributed by atoms with Crippen molar-refractivity contribution >= 4 is 11.3 Å². The molecule has 1 heterocycles. The Hall–Kier alpha value is -1.19. The molecule has 2 rings (SSSR count). The third-order valence-corrected chi connectivity index (χ3v) is 4.43. The van der Waals surface area contributed by atoms with Gasteiger partial charge in [0.05, 0.1) is 10.7 Å². The van der Waals surface area contributed by atoms with Crippen LogP contribution >= 0.6 is 11.3 Å². The van der Waals surface area contributed by atoms with E-state index in [2.05, 4.69) is 55.5 Å². The van der Waals surface area contributed by atoms with Crippen molar-refractivity contribution in [1.82, 2.24) is 10.3 Å². The van der Waals surface area contributed by atoms with E-state index in [0.29, 0.717) is 6.04 Å². The molecular formula is C16H22N2S. The fraction of sp³-hybridized carbons (Fsp3) is 0.438. The summed E-state index contributed by atoms with van der Waals surface area (Å²) in [7, 11) is 0. The SMILES string of the molecule is Cc1nc(CNC(C)c2cc(C)c(C)cc2C)cs1. The minimum Gasteiger partial charge on any atom is -0.305 e. The lowest BCUT2D eigenvalue weighted by atomic mass is 9.96. The number of benzene rings is 1. The first-order chi connectivity index (χ1) is 8.97. The number of hydrogen-bond donors (Lipinski definition) is 1. The zero-order valence-corrected chi connectivity index (χ0v) is 13.2. The molecule has 0 spiro atoms. The first-order valence-corrected chi connectivity index (χ1v) is 7.57. The van der Waals surface area contributed by atoms with E-state index in [0.717, 1.165) is 17.2 Å². The topological polar surface area (TPSA) is 24.9 Å². The van der Waals surface area contributed by atoms with Crippen LogP contribution in [-0.4, -0.2) is 4.98 Å². The van der Waals surface area contributed by atoms with Crippen molar-refractivity contribution in [3.8, 4) is 0 Å². The van der Waals surface area contributed by atoms with E-state index in [4.69, 9.17) is 0 Å². The molecule has 2 nitrogen and oxygen atoms in total. The smallest absolute Gasteiger partial charge is 0.0897 e. The highest BCUT2D eigenvalue weighted by Crippen LogP contribution is 2.22. The first-order valence-electron chi connectivity index (χ1n) is 6.69. The first kappa shape index (κ1) is 14.2. The molecule has 0 fully saturated rings. The van der Waals surface area contributed by atoms with Crippen molar-refractivity contribution in [2.45, 2.75) is 47.2 Å². The Bertz CT molecular complexity index is 572. The molecule has 0 saturated carbocycles. The third-order valence-electron chi connectivity index (χ3n) is 3.60. The monoisotopic (exact) mass is 274 g/mol. The maximum atomic E-state index is 4.49. The number of nitrogens with one attached hydrogen (secondary N) is 1. The van der Waals surface area contributed by atoms with Crippen molar-refractivity contribution in [2.24, 2.45) is 0 Å². The maximum Gasteiger partial charge on any atom is 0.0897 e. The van der Waals surface area contributed by atoms with Crippen LogP contribution in [0.25, 0.3) is 0 Å². The van der Waals surface area contributed by atoms with Crippen molar-refractivity contribution in [3.05, 3.63) is 50.5 Å². The molecule has 0 aliphatic rings. The molecule has 3 heteroatoms. The normalized spacial score (nSPS) is 12.7. The minimum absolute atomic E-state index is 0.348. The van der Waals surface area contributed by atoms with Crippen molar-refractivity contribution in [3.63, 3.8) is 0 Å². The molecule has 1 unspecified atom stereocenters. The molecule has 2 aromatic rings. The Morgan fingerprint density at radius 2 is 1.79 bits per heavy atom. The van der Waals surface area contributed by atoms with Crippen LogP contribution in [0.2, 0.25) is 0 Å². The van der Waals surface area contributed by atoms with Crippen LogP contribution in [0.3, 0.4) is 0 Å². The van der Waals surface area contributed by atoms with Gasteiger partial charge in [-0.25, -0.2) is 4.98 Å². The number of hydrogen-bond acceptors (Lipinski definition) is 3. The van der Waals surface area contributed by atoms with Crippen molar-refractivity contribution in [1.29, 1.82) is 0 Å². The molecule has 19 heavy (non-hydrogen) atoms. The van der Waals surface area contributed by atoms with Gasteiger partial charge in [0.1, 0.15) is 0 Å². The number of aromatic nitrogens is 1. The van der Waals surface area contributed by atoms with Crippen LogP contribution in [0.4, 0.5) is 0 Å². The molecule has 1 N–H and O–H groups in total. The van der Waals surface area contributed by atoms with Gasteiger partial charge in [0.25, 0.3) is 0 Å². The van der Waals surface area contributed by atoms with E-state index in [-0.39, 0.29) is 0 Å². The van der Waals surface area contributed by atoms with Gasteiger partial charge in [0, 0.05) is 18.0 Å². The van der Waals surface area contributed by atoms with Crippen LogP contribution in [0.5, 0.6) is 0 Å². The summed E-state index contributed by atoms with van der Waals surface area (Å²) in [5, 5.41) is 6.82. The number of aryl methyl sites for hydroxylation is 4. The Morgan fingerprint density at radius 1 is 1.11 bits per heavy atom. The van der Waals surface area contributed by atoms with E-state index in [1.807, 2.05) is 6.92 Å². The predicted octanol–water partition coefficient (Wildman–Crippen LogP) is 4.23. The van der Waals surface area contributed by atoms with E-state index in [1.54, 1.807) is 11.3 Å². The van der Waals surface area contributed by atoms with Gasteiger partial charge in [-0.1, -0.05) is 12.1 Å². The zero-order chi connectivity index (χ0) is 14.0. The summed E-state index contributed by atoms with van der Waals surface area (Å²) in [6.45, 7) is 11.6. The molecule has 1 aromatic carbocycles. The van der Waals surface area contributed by atoms with Gasteiger partial charge in [-0.3, -0.25) is 0 Å². The van der Waals surface area contributed by atoms with Gasteiger partial charge in [0.2, 0.25) is 0 Å². The van der Waals surface area contributed by atoms with Crippen LogP contribution in [0.1, 0.15) is 45.9 Å². The molecule has 0 aliphatic carbocycles. The number of rotatable bonds is 4. The third kappa shape index (κ3) is 3.43. The van der Waals surface area contributed by atoms with Gasteiger partial charge in [-0.2, -0.15) is 0 Å². The van der Waals surface area contributed by atoms with Crippen LogP contribution < -0.4 is 5.32 Å². The fourth-order valence-corrected chi connectivity index (χ4v) is 2.92. The maximum absolute atomic E-state index is 4.49. The second kappa shape index (κ2) is 5.85. The standard InChI is InChI=1S/C16H22N2S/c1-10-6-12(3)16(7-11(10)2)13(4)17-8-15-9-19-14(5)18-15/h6-7,9,13,17H,8H2,1-5H3. The van der Waals surface area contributed by atoms with Crippen LogP contribution in [-0.2, 0) is 6.54 Å². The summed E-state index contributed by atoms with van der Waals surface area (Å²) < 4.78 is 0. The summed E-state index contributed by atoms with van der Waals surface area (Å²) in [6.07, 6.45) is 0. The van der Waals surface area contributed by atoms with E-state index in [9.17, 15) is 0 Å². The summed E-state index contributed by atoms with van der Waals surface area (Å²) in [5.74, 6) is 0. The lowest BCUT2D eigenvalue weighted by Gasteiger charge is -2.18. The summed E-state index contributed by atoms with van der Waals surface area (Å²) in [5.41, 5.74) is 6.60. The molecule has 0 saturated heterocycles. The second-order valence-corrected chi connectivity index (χ2v) is 6.32. The van der Waals surface area contributed by atoms with E-state index in [1.165, 1.54) is 22.3 Å². The van der Waals surface area contributed by atoms with Gasteiger partial charge >= 0.3 is 0 Å². The number of thiazole rings is 1. The van der Waals surface area contributed by atoms with Crippen LogP contribution in [0, 0.1) is 27.7 Å². The molecular weight excluding hydrogens is 252 g/mol. The van der Waals surface area contributed by atoms with Gasteiger partial charge < -0.3 is 5.32 Å². The van der Waals surface area contributed by atoms with Gasteiger partial charge in [0.15, 0.2) is 0 Å². The highest BCUT2D eigenvalue weighted by Gasteiger charge is 2.10. The number of nitrogens with zero attached hydrogens (tertiary/aromatic N) is 1. The van der Waals surface area contributed by atoms with Gasteiger partial charge in [-0.15, -0.1) is 11.3 Å². The van der Waals surface area contributed by atoms with Crippen LogP contribution in [0.15, 0.2) is 17.5 Å². The molecule has 0 amide bonds. The van der Waals surface area contributed by atoms with E-state index < -0.39 is 0 Å². The largest absolute Gasteiger partial charge is 0.305 e. The predicted molar refractivity (Wildman–Crippen MR) is 82.8 cm³/mol. The molecule has 0 bridgehead atoms. The average molecular weight is 274 g/mol. The Balaban J connectivity index is 2.07. The van der Waals surface area contributed by atoms with Crippen molar-refractivity contribution in [2.75, 3.05) is 0 Å². The Labute approximate surface area is 119 Å². The molecule has 0 aliphatic heterocycles. The highest BCUT2D eigenvalue weighted by atomic mass is 32.1. The lowest BCUT2D eigenvalue weighted by Crippen LogP contribution is -2.19. The average Bonchev–Trinajstić information content (AvgIpc) is 2.77. The van der Waals surface area contributed by atoms with Gasteiger partial charge in [-0.05, 0) is 56.9 Å². The lowest BCUT2D eigenvalue weighted by molar-refractivity contribution is 0.566. The zero-order valence-electron chi connectivity index (χ0n) is 12.4.